The number of hydrogen-bond donors (Lipinski definition) is 3. The number of urea groups is 1. The second kappa shape index (κ2) is 15.9. The van der Waals surface area contributed by atoms with Gasteiger partial charge in [-0.1, -0.05) is 6.92 Å². The van der Waals surface area contributed by atoms with Crippen LogP contribution in [0.5, 0.6) is 0 Å². The van der Waals surface area contributed by atoms with E-state index in [1.165, 1.54) is 11.8 Å². The zero-order valence-electron chi connectivity index (χ0n) is 20.5. The number of carbonyl (C=O) groups excluding carboxylic acids is 2. The van der Waals surface area contributed by atoms with Crippen LogP contribution in [0.2, 0.25) is 6.04 Å². The van der Waals surface area contributed by atoms with Crippen LogP contribution in [-0.2, 0) is 28.2 Å². The van der Waals surface area contributed by atoms with Gasteiger partial charge in [0, 0.05) is 50.6 Å². The summed E-state index contributed by atoms with van der Waals surface area (Å²) >= 11 is 1.38. The first-order valence-electron chi connectivity index (χ1n) is 11.1. The maximum absolute atomic E-state index is 12.3. The van der Waals surface area contributed by atoms with Crippen molar-refractivity contribution < 1.29 is 35.8 Å². The smallest absolute Gasteiger partial charge is 0.500 e. The molecule has 1 unspecified atom stereocenters. The molecular formula is C19H40N3O8S2Si-. The van der Waals surface area contributed by atoms with E-state index in [1.807, 2.05) is 34.6 Å². The number of amides is 3. The van der Waals surface area contributed by atoms with Crippen LogP contribution in [0.15, 0.2) is 0 Å². The number of carbonyl (C=O) groups is 2. The van der Waals surface area contributed by atoms with E-state index in [2.05, 4.69) is 16.0 Å². The minimum atomic E-state index is -4.36. The fourth-order valence-electron chi connectivity index (χ4n) is 2.74. The highest BCUT2D eigenvalue weighted by atomic mass is 32.2. The Morgan fingerprint density at radius 1 is 1.03 bits per heavy atom. The van der Waals surface area contributed by atoms with Gasteiger partial charge in [-0.2, -0.15) is 0 Å². The van der Waals surface area contributed by atoms with Crippen LogP contribution in [0.3, 0.4) is 0 Å². The molecule has 0 aliphatic heterocycles. The fraction of sp³-hybridized carbons (Fsp3) is 0.895. The van der Waals surface area contributed by atoms with E-state index in [0.717, 1.165) is 0 Å². The standard InChI is InChI=1S/C19H41N3O8S2Si/c1-7-28-33(29-8-2,30-9-3)14-10-11-21-18(24)22-19(5,6)31-15-16(4)17(23)20-12-13-32(25,26)27/h16H,7-15H2,1-6H3,(H,20,23)(H2,21,22,24)(H,25,26,27)/p-1. The molecule has 0 fully saturated rings. The molecule has 0 saturated heterocycles. The summed E-state index contributed by atoms with van der Waals surface area (Å²) in [7, 11) is -7.10. The minimum Gasteiger partial charge on any atom is -0.748 e. The molecule has 11 nitrogen and oxygen atoms in total. The number of thioether (sulfide) groups is 1. The van der Waals surface area contributed by atoms with Gasteiger partial charge in [-0.15, -0.1) is 11.8 Å². The molecule has 0 spiro atoms. The van der Waals surface area contributed by atoms with Gasteiger partial charge in [0.1, 0.15) is 0 Å². The predicted octanol–water partition coefficient (Wildman–Crippen LogP) is 1.49. The Morgan fingerprint density at radius 2 is 1.58 bits per heavy atom. The van der Waals surface area contributed by atoms with Crippen LogP contribution in [0, 0.1) is 5.92 Å². The quantitative estimate of drug-likeness (QED) is 0.103. The molecule has 0 aliphatic carbocycles. The highest BCUT2D eigenvalue weighted by Crippen LogP contribution is 2.24. The Kier molecular flexibility index (Phi) is 15.5. The summed E-state index contributed by atoms with van der Waals surface area (Å²) in [5.41, 5.74) is 0. The Hall–Kier alpha value is -0.903. The molecule has 0 aromatic heterocycles. The van der Waals surface area contributed by atoms with Crippen molar-refractivity contribution in [1.29, 1.82) is 0 Å². The molecule has 0 rings (SSSR count). The monoisotopic (exact) mass is 530 g/mol. The van der Waals surface area contributed by atoms with Crippen molar-refractivity contribution in [3.05, 3.63) is 0 Å². The second-order valence-electron chi connectivity index (χ2n) is 7.74. The number of rotatable bonds is 18. The number of hydrogen-bond acceptors (Lipinski definition) is 9. The minimum absolute atomic E-state index is 0.218. The van der Waals surface area contributed by atoms with Crippen LogP contribution in [-0.4, -0.2) is 83.0 Å². The average Bonchev–Trinajstić information content (AvgIpc) is 2.68. The van der Waals surface area contributed by atoms with Crippen molar-refractivity contribution in [3.8, 4) is 0 Å². The Bertz CT molecular complexity index is 678. The molecule has 0 saturated carbocycles. The average molecular weight is 531 g/mol. The number of nitrogens with one attached hydrogen (secondary N) is 3. The normalized spacial score (nSPS) is 13.4. The third kappa shape index (κ3) is 15.6. The van der Waals surface area contributed by atoms with Crippen LogP contribution < -0.4 is 16.0 Å². The summed E-state index contributed by atoms with van der Waals surface area (Å²) in [6.07, 6.45) is 0.642. The molecule has 0 bridgehead atoms. The van der Waals surface area contributed by atoms with E-state index < -0.39 is 35.5 Å². The largest absolute Gasteiger partial charge is 0.748 e. The summed E-state index contributed by atoms with van der Waals surface area (Å²) in [5, 5.41) is 8.11. The molecule has 3 N–H and O–H groups in total. The van der Waals surface area contributed by atoms with Gasteiger partial charge in [0.15, 0.2) is 0 Å². The van der Waals surface area contributed by atoms with Crippen LogP contribution in [0.25, 0.3) is 0 Å². The molecule has 0 aromatic carbocycles. The van der Waals surface area contributed by atoms with Crippen molar-refractivity contribution in [1.82, 2.24) is 16.0 Å². The highest BCUT2D eigenvalue weighted by molar-refractivity contribution is 8.00. The third-order valence-corrected chi connectivity index (χ3v) is 9.59. The van der Waals surface area contributed by atoms with Crippen molar-refractivity contribution in [2.45, 2.75) is 58.9 Å². The maximum atomic E-state index is 12.3. The fourth-order valence-corrected chi connectivity index (χ4v) is 6.69. The van der Waals surface area contributed by atoms with Crippen molar-refractivity contribution in [2.75, 3.05) is 44.4 Å². The molecule has 33 heavy (non-hydrogen) atoms. The maximum Gasteiger partial charge on any atom is 0.500 e. The molecule has 0 aliphatic rings. The topological polar surface area (TPSA) is 155 Å². The molecule has 0 aromatic rings. The van der Waals surface area contributed by atoms with Crippen molar-refractivity contribution >= 4 is 42.6 Å². The highest BCUT2D eigenvalue weighted by Gasteiger charge is 2.39. The summed E-state index contributed by atoms with van der Waals surface area (Å²) < 4.78 is 49.2. The summed E-state index contributed by atoms with van der Waals surface area (Å²) in [5.74, 6) is -1.02. The molecule has 196 valence electrons. The zero-order valence-corrected chi connectivity index (χ0v) is 23.2. The Morgan fingerprint density at radius 3 is 2.06 bits per heavy atom. The molecule has 3 amide bonds. The van der Waals surface area contributed by atoms with Crippen molar-refractivity contribution in [3.63, 3.8) is 0 Å². The lowest BCUT2D eigenvalue weighted by Crippen LogP contribution is -2.48. The SMILES string of the molecule is CCO[Si](CCCNC(=O)NC(C)(C)SCC(C)C(=O)NCCS(=O)(=O)[O-])(OCC)OCC. The molecule has 14 heteroatoms. The molecular weight excluding hydrogens is 490 g/mol. The van der Waals surface area contributed by atoms with Gasteiger partial charge in [0.05, 0.1) is 20.7 Å². The van der Waals surface area contributed by atoms with E-state index in [-0.39, 0.29) is 18.5 Å². The van der Waals surface area contributed by atoms with E-state index in [4.69, 9.17) is 13.3 Å². The molecule has 1 atom stereocenters. The van der Waals surface area contributed by atoms with E-state index in [0.29, 0.717) is 44.6 Å². The second-order valence-corrected chi connectivity index (χ2v) is 13.6. The summed E-state index contributed by atoms with van der Waals surface area (Å²) in [6, 6.07) is 0.267. The lowest BCUT2D eigenvalue weighted by atomic mass is 10.2. The van der Waals surface area contributed by atoms with E-state index in [1.54, 1.807) is 6.92 Å². The lowest BCUT2D eigenvalue weighted by Gasteiger charge is -2.29. The van der Waals surface area contributed by atoms with E-state index in [9.17, 15) is 22.6 Å². The Balaban J connectivity index is 4.40. The Labute approximate surface area is 203 Å². The first-order chi connectivity index (χ1) is 15.3. The summed E-state index contributed by atoms with van der Waals surface area (Å²) in [6.45, 7) is 12.7. The molecule has 0 radical (unpaired) electrons. The van der Waals surface area contributed by atoms with E-state index >= 15 is 0 Å². The van der Waals surface area contributed by atoms with Gasteiger partial charge in [0.2, 0.25) is 5.91 Å². The molecule has 0 heterocycles. The van der Waals surface area contributed by atoms with Gasteiger partial charge < -0.3 is 33.8 Å². The van der Waals surface area contributed by atoms with Crippen LogP contribution >= 0.6 is 11.8 Å². The van der Waals surface area contributed by atoms with Gasteiger partial charge >= 0.3 is 14.8 Å². The van der Waals surface area contributed by atoms with Crippen molar-refractivity contribution in [2.24, 2.45) is 5.92 Å². The first-order valence-corrected chi connectivity index (χ1v) is 15.6. The van der Waals surface area contributed by atoms with Crippen LogP contribution in [0.1, 0.15) is 48.0 Å². The first kappa shape index (κ1) is 32.1. The third-order valence-electron chi connectivity index (χ3n) is 4.25. The van der Waals surface area contributed by atoms with Gasteiger partial charge in [-0.25, -0.2) is 13.2 Å². The zero-order chi connectivity index (χ0) is 25.5. The predicted molar refractivity (Wildman–Crippen MR) is 130 cm³/mol. The summed E-state index contributed by atoms with van der Waals surface area (Å²) in [4.78, 5) is 23.7. The van der Waals surface area contributed by atoms with Gasteiger partial charge in [0.25, 0.3) is 0 Å². The van der Waals surface area contributed by atoms with Gasteiger partial charge in [-0.05, 0) is 41.0 Å². The van der Waals surface area contributed by atoms with Gasteiger partial charge in [-0.3, -0.25) is 4.79 Å². The lowest BCUT2D eigenvalue weighted by molar-refractivity contribution is -0.123. The van der Waals surface area contributed by atoms with Crippen LogP contribution in [0.4, 0.5) is 4.79 Å².